The Morgan fingerprint density at radius 1 is 1.25 bits per heavy atom. The summed E-state index contributed by atoms with van der Waals surface area (Å²) in [5, 5.41) is 3.29. The van der Waals surface area contributed by atoms with E-state index in [0.717, 1.165) is 64.1 Å². The van der Waals surface area contributed by atoms with Crippen molar-refractivity contribution in [3.8, 4) is 0 Å². The van der Waals surface area contributed by atoms with E-state index in [1.165, 1.54) is 0 Å². The summed E-state index contributed by atoms with van der Waals surface area (Å²) in [5.41, 5.74) is 7.22. The first-order valence-electron chi connectivity index (χ1n) is 9.13. The highest BCUT2D eigenvalue weighted by atomic mass is 16.5. The van der Waals surface area contributed by atoms with E-state index in [1.807, 2.05) is 18.2 Å². The summed E-state index contributed by atoms with van der Waals surface area (Å²) in [7, 11) is 0. The normalized spacial score (nSPS) is 26.7. The van der Waals surface area contributed by atoms with Crippen molar-refractivity contribution in [1.29, 1.82) is 0 Å². The van der Waals surface area contributed by atoms with Crippen LogP contribution in [0.2, 0.25) is 0 Å². The number of nitrogens with two attached hydrogens (primary N) is 1. The van der Waals surface area contributed by atoms with Crippen molar-refractivity contribution < 1.29 is 9.53 Å². The second-order valence-corrected chi connectivity index (χ2v) is 7.01. The maximum atomic E-state index is 12.8. The summed E-state index contributed by atoms with van der Waals surface area (Å²) in [4.78, 5) is 15.1. The maximum Gasteiger partial charge on any atom is 0.223 e. The summed E-state index contributed by atoms with van der Waals surface area (Å²) >= 11 is 0. The average molecular weight is 331 g/mol. The highest BCUT2D eigenvalue weighted by Gasteiger charge is 2.28. The lowest BCUT2D eigenvalue weighted by Crippen LogP contribution is -2.45. The van der Waals surface area contributed by atoms with Crippen LogP contribution in [-0.2, 0) is 9.53 Å². The molecule has 1 saturated carbocycles. The van der Waals surface area contributed by atoms with Gasteiger partial charge in [0.1, 0.15) is 0 Å². The molecule has 2 aliphatic rings. The molecule has 24 heavy (non-hydrogen) atoms. The van der Waals surface area contributed by atoms with E-state index in [0.29, 0.717) is 0 Å². The summed E-state index contributed by atoms with van der Waals surface area (Å²) in [6.45, 7) is 4.22. The molecule has 3 atom stereocenters. The second kappa shape index (κ2) is 8.60. The molecule has 1 aromatic rings. The van der Waals surface area contributed by atoms with Crippen molar-refractivity contribution in [2.45, 2.75) is 37.8 Å². The lowest BCUT2D eigenvalue weighted by molar-refractivity contribution is -0.127. The first kappa shape index (κ1) is 17.4. The zero-order valence-corrected chi connectivity index (χ0v) is 14.3. The van der Waals surface area contributed by atoms with Gasteiger partial charge in [-0.1, -0.05) is 36.8 Å². The summed E-state index contributed by atoms with van der Waals surface area (Å²) in [6.07, 6.45) is 3.86. The summed E-state index contributed by atoms with van der Waals surface area (Å²) in [5.74, 6) is 0.219. The Bertz CT molecular complexity index is 517. The number of rotatable bonds is 5. The quantitative estimate of drug-likeness (QED) is 0.862. The van der Waals surface area contributed by atoms with Gasteiger partial charge in [-0.2, -0.15) is 0 Å². The fourth-order valence-electron chi connectivity index (χ4n) is 3.72. The SMILES string of the molecule is NC1CCCC(C(=O)NC(CN2CCOCC2)c2ccccc2)C1. The Morgan fingerprint density at radius 3 is 2.71 bits per heavy atom. The molecule has 132 valence electrons. The minimum atomic E-state index is 0.0231. The van der Waals surface area contributed by atoms with Crippen molar-refractivity contribution >= 4 is 5.91 Å². The van der Waals surface area contributed by atoms with Gasteiger partial charge in [0.05, 0.1) is 19.3 Å². The van der Waals surface area contributed by atoms with Crippen molar-refractivity contribution in [3.05, 3.63) is 35.9 Å². The van der Waals surface area contributed by atoms with E-state index in [-0.39, 0.29) is 23.9 Å². The molecule has 3 N–H and O–H groups in total. The highest BCUT2D eigenvalue weighted by Crippen LogP contribution is 2.24. The molecular formula is C19H29N3O2. The molecule has 1 saturated heterocycles. The van der Waals surface area contributed by atoms with E-state index in [4.69, 9.17) is 10.5 Å². The van der Waals surface area contributed by atoms with Crippen LogP contribution in [0.3, 0.4) is 0 Å². The monoisotopic (exact) mass is 331 g/mol. The summed E-state index contributed by atoms with van der Waals surface area (Å²) < 4.78 is 5.43. The van der Waals surface area contributed by atoms with Gasteiger partial charge in [0.2, 0.25) is 5.91 Å². The van der Waals surface area contributed by atoms with Crippen molar-refractivity contribution in [3.63, 3.8) is 0 Å². The lowest BCUT2D eigenvalue weighted by Gasteiger charge is -2.33. The number of benzene rings is 1. The van der Waals surface area contributed by atoms with Gasteiger partial charge in [-0.15, -0.1) is 0 Å². The first-order chi connectivity index (χ1) is 11.7. The predicted octanol–water partition coefficient (Wildman–Crippen LogP) is 1.69. The molecule has 3 rings (SSSR count). The van der Waals surface area contributed by atoms with Gasteiger partial charge in [-0.25, -0.2) is 0 Å². The first-order valence-corrected chi connectivity index (χ1v) is 9.13. The van der Waals surface area contributed by atoms with Crippen LogP contribution in [0.25, 0.3) is 0 Å². The summed E-state index contributed by atoms with van der Waals surface area (Å²) in [6, 6.07) is 10.5. The molecule has 0 bridgehead atoms. The fraction of sp³-hybridized carbons (Fsp3) is 0.632. The third-order valence-corrected chi connectivity index (χ3v) is 5.15. The molecule has 1 aliphatic carbocycles. The molecule has 5 nitrogen and oxygen atoms in total. The van der Waals surface area contributed by atoms with Gasteiger partial charge >= 0.3 is 0 Å². The number of ether oxygens (including phenoxy) is 1. The molecular weight excluding hydrogens is 302 g/mol. The van der Waals surface area contributed by atoms with Gasteiger partial charge in [0.15, 0.2) is 0 Å². The van der Waals surface area contributed by atoms with Crippen LogP contribution in [-0.4, -0.2) is 49.7 Å². The Labute approximate surface area is 144 Å². The number of hydrogen-bond donors (Lipinski definition) is 2. The van der Waals surface area contributed by atoms with Gasteiger partial charge < -0.3 is 15.8 Å². The van der Waals surface area contributed by atoms with E-state index in [1.54, 1.807) is 0 Å². The average Bonchev–Trinajstić information content (AvgIpc) is 2.63. The standard InChI is InChI=1S/C19H29N3O2/c20-17-8-4-7-16(13-17)19(23)21-18(15-5-2-1-3-6-15)14-22-9-11-24-12-10-22/h1-3,5-6,16-18H,4,7-14,20H2,(H,21,23). The van der Waals surface area contributed by atoms with Gasteiger partial charge in [-0.3, -0.25) is 9.69 Å². The van der Waals surface area contributed by atoms with E-state index in [2.05, 4.69) is 22.3 Å². The zero-order chi connectivity index (χ0) is 16.8. The molecule has 3 unspecified atom stereocenters. The number of nitrogens with one attached hydrogen (secondary N) is 1. The van der Waals surface area contributed by atoms with Gasteiger partial charge in [-0.05, 0) is 24.8 Å². The van der Waals surface area contributed by atoms with Crippen LogP contribution in [0.15, 0.2) is 30.3 Å². The minimum Gasteiger partial charge on any atom is -0.379 e. The Hall–Kier alpha value is -1.43. The Balaban J connectivity index is 1.66. The number of hydrogen-bond acceptors (Lipinski definition) is 4. The fourth-order valence-corrected chi connectivity index (χ4v) is 3.72. The number of amides is 1. The smallest absolute Gasteiger partial charge is 0.223 e. The van der Waals surface area contributed by atoms with Crippen molar-refractivity contribution in [2.75, 3.05) is 32.8 Å². The number of morpholine rings is 1. The number of nitrogens with zero attached hydrogens (tertiary/aromatic N) is 1. The Kier molecular flexibility index (Phi) is 6.24. The van der Waals surface area contributed by atoms with Gasteiger partial charge in [0.25, 0.3) is 0 Å². The van der Waals surface area contributed by atoms with E-state index >= 15 is 0 Å². The lowest BCUT2D eigenvalue weighted by atomic mass is 9.85. The molecule has 2 fully saturated rings. The molecule has 5 heteroatoms. The van der Waals surface area contributed by atoms with E-state index < -0.39 is 0 Å². The molecule has 0 spiro atoms. The van der Waals surface area contributed by atoms with Crippen LogP contribution in [0, 0.1) is 5.92 Å². The van der Waals surface area contributed by atoms with Crippen LogP contribution in [0.1, 0.15) is 37.3 Å². The minimum absolute atomic E-state index is 0.0231. The zero-order valence-electron chi connectivity index (χ0n) is 14.3. The van der Waals surface area contributed by atoms with Crippen LogP contribution >= 0.6 is 0 Å². The largest absolute Gasteiger partial charge is 0.379 e. The molecule has 0 aromatic heterocycles. The number of carbonyl (C=O) groups excluding carboxylic acids is 1. The maximum absolute atomic E-state index is 12.8. The predicted molar refractivity (Wildman–Crippen MR) is 94.5 cm³/mol. The Morgan fingerprint density at radius 2 is 2.00 bits per heavy atom. The van der Waals surface area contributed by atoms with E-state index in [9.17, 15) is 4.79 Å². The third-order valence-electron chi connectivity index (χ3n) is 5.15. The second-order valence-electron chi connectivity index (χ2n) is 7.01. The number of carbonyl (C=O) groups is 1. The van der Waals surface area contributed by atoms with Crippen LogP contribution < -0.4 is 11.1 Å². The van der Waals surface area contributed by atoms with Gasteiger partial charge in [0, 0.05) is 31.6 Å². The van der Waals surface area contributed by atoms with Crippen molar-refractivity contribution in [1.82, 2.24) is 10.2 Å². The van der Waals surface area contributed by atoms with Crippen LogP contribution in [0.4, 0.5) is 0 Å². The molecule has 1 heterocycles. The highest BCUT2D eigenvalue weighted by molar-refractivity contribution is 5.79. The van der Waals surface area contributed by atoms with Crippen molar-refractivity contribution in [2.24, 2.45) is 11.7 Å². The molecule has 0 radical (unpaired) electrons. The van der Waals surface area contributed by atoms with Crippen LogP contribution in [0.5, 0.6) is 0 Å². The molecule has 1 aliphatic heterocycles. The molecule has 1 amide bonds. The topological polar surface area (TPSA) is 67.6 Å². The molecule has 1 aromatic carbocycles. The third kappa shape index (κ3) is 4.79.